The average Bonchev–Trinajstić information content (AvgIpc) is 3.18. The number of hydrogen-bond donors (Lipinski definition) is 2. The minimum Gasteiger partial charge on any atom is -0.384 e. The first-order chi connectivity index (χ1) is 12.5. The number of H-pyrrole nitrogens is 1. The molecule has 1 aromatic heterocycles. The van der Waals surface area contributed by atoms with Gasteiger partial charge in [0.15, 0.2) is 0 Å². The Morgan fingerprint density at radius 3 is 2.31 bits per heavy atom. The maximum atomic E-state index is 4.99. The summed E-state index contributed by atoms with van der Waals surface area (Å²) in [5.41, 5.74) is 7.63. The zero-order valence-corrected chi connectivity index (χ0v) is 16.4. The van der Waals surface area contributed by atoms with Gasteiger partial charge in [-0.1, -0.05) is 6.92 Å². The van der Waals surface area contributed by atoms with Gasteiger partial charge < -0.3 is 10.3 Å². The van der Waals surface area contributed by atoms with Crippen molar-refractivity contribution >= 4 is 5.71 Å². The van der Waals surface area contributed by atoms with Gasteiger partial charge in [-0.15, -0.1) is 0 Å². The number of allylic oxidation sites excluding steroid dienone is 2. The molecule has 5 aliphatic rings. The van der Waals surface area contributed by atoms with E-state index in [1.807, 2.05) is 0 Å². The van der Waals surface area contributed by atoms with Gasteiger partial charge >= 0.3 is 0 Å². The number of nitrogens with zero attached hydrogens (tertiary/aromatic N) is 1. The third-order valence-electron chi connectivity index (χ3n) is 7.47. The van der Waals surface area contributed by atoms with Gasteiger partial charge in [-0.2, -0.15) is 0 Å². The van der Waals surface area contributed by atoms with Crippen molar-refractivity contribution < 1.29 is 0 Å². The van der Waals surface area contributed by atoms with Crippen LogP contribution in [0.1, 0.15) is 70.7 Å². The molecule has 0 spiro atoms. The Bertz CT molecular complexity index is 785. The molecule has 6 rings (SSSR count). The van der Waals surface area contributed by atoms with E-state index in [0.717, 1.165) is 41.3 Å². The third-order valence-corrected chi connectivity index (χ3v) is 7.47. The normalized spacial score (nSPS) is 37.0. The van der Waals surface area contributed by atoms with Crippen LogP contribution in [0.2, 0.25) is 0 Å². The first-order valence-corrected chi connectivity index (χ1v) is 10.5. The van der Waals surface area contributed by atoms with E-state index >= 15 is 0 Å². The van der Waals surface area contributed by atoms with E-state index in [1.54, 1.807) is 0 Å². The van der Waals surface area contributed by atoms with Crippen LogP contribution in [-0.2, 0) is 6.42 Å². The molecule has 0 unspecified atom stereocenters. The molecule has 4 bridgehead atoms. The summed E-state index contributed by atoms with van der Waals surface area (Å²) < 4.78 is 0. The fraction of sp³-hybridized carbons (Fsp3) is 0.609. The molecule has 2 heterocycles. The molecule has 0 radical (unpaired) electrons. The van der Waals surface area contributed by atoms with Gasteiger partial charge in [0.25, 0.3) is 0 Å². The molecule has 0 atom stereocenters. The number of nitrogens with one attached hydrogen (secondary N) is 2. The number of hydrogen-bond acceptors (Lipinski definition) is 2. The molecule has 4 fully saturated rings. The van der Waals surface area contributed by atoms with Gasteiger partial charge in [0.2, 0.25) is 0 Å². The molecular weight excluding hydrogens is 318 g/mol. The summed E-state index contributed by atoms with van der Waals surface area (Å²) in [7, 11) is 0. The third kappa shape index (κ3) is 2.59. The Kier molecular flexibility index (Phi) is 3.70. The molecule has 3 nitrogen and oxygen atoms in total. The van der Waals surface area contributed by atoms with Crippen LogP contribution in [0.15, 0.2) is 40.2 Å². The number of rotatable bonds is 4. The van der Waals surface area contributed by atoms with E-state index in [-0.39, 0.29) is 0 Å². The van der Waals surface area contributed by atoms with Crippen LogP contribution in [0, 0.1) is 17.8 Å². The lowest BCUT2D eigenvalue weighted by molar-refractivity contribution is -0.0130. The monoisotopic (exact) mass is 349 g/mol. The molecule has 4 aliphatic carbocycles. The van der Waals surface area contributed by atoms with Gasteiger partial charge in [-0.05, 0) is 99.8 Å². The van der Waals surface area contributed by atoms with Gasteiger partial charge in [-0.25, -0.2) is 4.99 Å². The topological polar surface area (TPSA) is 40.2 Å². The summed E-state index contributed by atoms with van der Waals surface area (Å²) in [4.78, 5) is 8.51. The summed E-state index contributed by atoms with van der Waals surface area (Å²) in [6.07, 6.45) is 11.9. The summed E-state index contributed by atoms with van der Waals surface area (Å²) in [5.74, 6) is 2.92. The molecule has 0 amide bonds. The summed E-state index contributed by atoms with van der Waals surface area (Å²) in [6.45, 7) is 6.59. The second-order valence-corrected chi connectivity index (χ2v) is 9.33. The second-order valence-electron chi connectivity index (χ2n) is 9.33. The molecule has 138 valence electrons. The number of aliphatic imine (C=N–C) groups is 1. The summed E-state index contributed by atoms with van der Waals surface area (Å²) in [6, 6.07) is 4.35. The molecule has 2 N–H and O–H groups in total. The smallest absolute Gasteiger partial charge is 0.0904 e. The van der Waals surface area contributed by atoms with Gasteiger partial charge in [0.05, 0.1) is 17.1 Å². The molecule has 0 aromatic carbocycles. The predicted octanol–water partition coefficient (Wildman–Crippen LogP) is 5.12. The first-order valence-electron chi connectivity index (χ1n) is 10.5. The molecule has 4 saturated carbocycles. The zero-order chi connectivity index (χ0) is 17.9. The molecule has 26 heavy (non-hydrogen) atoms. The maximum Gasteiger partial charge on any atom is 0.0904 e. The Morgan fingerprint density at radius 1 is 1.08 bits per heavy atom. The van der Waals surface area contributed by atoms with Crippen LogP contribution in [0.3, 0.4) is 0 Å². The summed E-state index contributed by atoms with van der Waals surface area (Å²) >= 11 is 0. The Hall–Kier alpha value is -1.77. The van der Waals surface area contributed by atoms with Crippen molar-refractivity contribution in [2.75, 3.05) is 0 Å². The molecule has 3 heteroatoms. The highest BCUT2D eigenvalue weighted by Gasteiger charge is 2.50. The van der Waals surface area contributed by atoms with Crippen molar-refractivity contribution in [2.24, 2.45) is 22.7 Å². The van der Waals surface area contributed by atoms with Crippen molar-refractivity contribution in [2.45, 2.75) is 71.3 Å². The predicted molar refractivity (Wildman–Crippen MR) is 107 cm³/mol. The lowest BCUT2D eigenvalue weighted by Gasteiger charge is -2.57. The van der Waals surface area contributed by atoms with Gasteiger partial charge in [0, 0.05) is 17.4 Å². The molecule has 1 aliphatic heterocycles. The minimum atomic E-state index is 0.357. The van der Waals surface area contributed by atoms with Crippen LogP contribution in [-0.4, -0.2) is 16.2 Å². The highest BCUT2D eigenvalue weighted by molar-refractivity contribution is 6.14. The standard InChI is InChI=1S/C23H31N3/c1-4-19-5-6-20(25-19)22-15(3)14(2)21(26-22)13-24-23-10-16-7-17(11-23)9-18(8-16)12-23/h5-6,13,16-18,24-25H,4,7-12H2,1-3H3/b21-13+. The average molecular weight is 350 g/mol. The van der Waals surface area contributed by atoms with E-state index in [0.29, 0.717) is 5.54 Å². The second kappa shape index (κ2) is 5.87. The van der Waals surface area contributed by atoms with Crippen LogP contribution in [0.4, 0.5) is 0 Å². The van der Waals surface area contributed by atoms with Crippen LogP contribution in [0.5, 0.6) is 0 Å². The highest BCUT2D eigenvalue weighted by Crippen LogP contribution is 2.55. The Balaban J connectivity index is 1.40. The minimum absolute atomic E-state index is 0.357. The van der Waals surface area contributed by atoms with Crippen molar-refractivity contribution in [1.82, 2.24) is 10.3 Å². The molecule has 0 saturated heterocycles. The lowest BCUT2D eigenvalue weighted by Crippen LogP contribution is -2.57. The number of aryl methyl sites for hydroxylation is 1. The van der Waals surface area contributed by atoms with Crippen molar-refractivity contribution in [3.63, 3.8) is 0 Å². The van der Waals surface area contributed by atoms with Gasteiger partial charge in [0.1, 0.15) is 0 Å². The van der Waals surface area contributed by atoms with E-state index < -0.39 is 0 Å². The van der Waals surface area contributed by atoms with Crippen molar-refractivity contribution in [3.8, 4) is 0 Å². The SMILES string of the molecule is CCc1ccc(C2=N/C(=C/NC34CC5CC(CC(C5)C3)C4)C(C)=C2C)[nH]1. The quantitative estimate of drug-likeness (QED) is 0.778. The zero-order valence-electron chi connectivity index (χ0n) is 16.4. The highest BCUT2D eigenvalue weighted by atomic mass is 15.0. The van der Waals surface area contributed by atoms with Crippen molar-refractivity contribution in [1.29, 1.82) is 0 Å². The molecule has 1 aromatic rings. The van der Waals surface area contributed by atoms with E-state index in [2.05, 4.69) is 49.4 Å². The van der Waals surface area contributed by atoms with Crippen LogP contribution < -0.4 is 5.32 Å². The first kappa shape index (κ1) is 16.4. The van der Waals surface area contributed by atoms with Crippen LogP contribution >= 0.6 is 0 Å². The number of aromatic nitrogens is 1. The van der Waals surface area contributed by atoms with E-state index in [4.69, 9.17) is 4.99 Å². The number of aromatic amines is 1. The summed E-state index contributed by atoms with van der Waals surface area (Å²) in [5, 5.41) is 3.90. The van der Waals surface area contributed by atoms with E-state index in [1.165, 1.54) is 55.4 Å². The van der Waals surface area contributed by atoms with Gasteiger partial charge in [-0.3, -0.25) is 0 Å². The Labute approximate surface area is 157 Å². The lowest BCUT2D eigenvalue weighted by atomic mass is 9.53. The fourth-order valence-corrected chi connectivity index (χ4v) is 6.35. The molecular formula is C23H31N3. The maximum absolute atomic E-state index is 4.99. The van der Waals surface area contributed by atoms with Crippen LogP contribution in [0.25, 0.3) is 0 Å². The Morgan fingerprint density at radius 2 is 1.73 bits per heavy atom. The largest absolute Gasteiger partial charge is 0.384 e. The van der Waals surface area contributed by atoms with E-state index in [9.17, 15) is 0 Å². The van der Waals surface area contributed by atoms with Crippen molar-refractivity contribution in [3.05, 3.63) is 46.6 Å². The fourth-order valence-electron chi connectivity index (χ4n) is 6.35.